The van der Waals surface area contributed by atoms with Gasteiger partial charge in [-0.25, -0.2) is 4.98 Å². The number of hydrogen-bond donors (Lipinski definition) is 3. The van der Waals surface area contributed by atoms with Crippen molar-refractivity contribution in [3.8, 4) is 11.3 Å². The number of fused-ring (bicyclic) bond motifs is 1. The number of halogens is 2. The number of nitrogens with one attached hydrogen (secondary N) is 2. The molecule has 0 radical (unpaired) electrons. The van der Waals surface area contributed by atoms with E-state index in [1.54, 1.807) is 12.3 Å². The molecule has 0 saturated carbocycles. The molecule has 1 amide bonds. The van der Waals surface area contributed by atoms with Gasteiger partial charge in [0.1, 0.15) is 5.65 Å². The summed E-state index contributed by atoms with van der Waals surface area (Å²) in [6, 6.07) is 13.3. The number of piperidine rings is 1. The first-order valence-electron chi connectivity index (χ1n) is 8.44. The quantitative estimate of drug-likeness (QED) is 0.621. The predicted molar refractivity (Wildman–Crippen MR) is 110 cm³/mol. The third-order valence-electron chi connectivity index (χ3n) is 4.55. The number of nitrogens with zero attached hydrogens (tertiary/aromatic N) is 2. The zero-order valence-corrected chi connectivity index (χ0v) is 16.2. The second-order valence-corrected chi connectivity index (χ2v) is 6.32. The number of hydrogen-bond acceptors (Lipinski definition) is 4. The zero-order valence-electron chi connectivity index (χ0n) is 14.5. The standard InChI is InChI=1S/C19H20N4O2.2ClH/c24-17-10-20-9-8-15(17)22-19(25)14-6-7-18-21-16(12-23(18)11-14)13-4-2-1-3-5-13;;/h1-7,11-12,15,17,20,24H,8-10H2,(H,22,25);2*1H/t15-,17-;;/m1../s1. The van der Waals surface area contributed by atoms with Gasteiger partial charge in [-0.05, 0) is 25.1 Å². The van der Waals surface area contributed by atoms with Crippen LogP contribution in [0, 0.1) is 0 Å². The van der Waals surface area contributed by atoms with Gasteiger partial charge in [-0.2, -0.15) is 0 Å². The molecule has 1 aliphatic rings. The van der Waals surface area contributed by atoms with Crippen LogP contribution in [0.3, 0.4) is 0 Å². The van der Waals surface area contributed by atoms with Crippen LogP contribution in [0.5, 0.6) is 0 Å². The summed E-state index contributed by atoms with van der Waals surface area (Å²) in [7, 11) is 0. The van der Waals surface area contributed by atoms with Crippen LogP contribution < -0.4 is 10.6 Å². The first-order chi connectivity index (χ1) is 12.2. The van der Waals surface area contributed by atoms with Gasteiger partial charge in [0.2, 0.25) is 0 Å². The number of carbonyl (C=O) groups excluding carboxylic acids is 1. The minimum absolute atomic E-state index is 0. The molecule has 0 unspecified atom stereocenters. The lowest BCUT2D eigenvalue weighted by Crippen LogP contribution is -2.52. The molecule has 2 atom stereocenters. The maximum atomic E-state index is 12.5. The Morgan fingerprint density at radius 3 is 2.67 bits per heavy atom. The SMILES string of the molecule is Cl.Cl.O=C(N[C@@H]1CCNC[C@H]1O)c1ccc2nc(-c3ccccc3)cn2c1. The van der Waals surface area contributed by atoms with E-state index in [-0.39, 0.29) is 36.8 Å². The summed E-state index contributed by atoms with van der Waals surface area (Å²) in [6.45, 7) is 1.30. The highest BCUT2D eigenvalue weighted by atomic mass is 35.5. The van der Waals surface area contributed by atoms with Gasteiger partial charge >= 0.3 is 0 Å². The summed E-state index contributed by atoms with van der Waals surface area (Å²) in [5.74, 6) is -0.178. The number of aliphatic hydroxyl groups is 1. The number of aromatic nitrogens is 2. The third kappa shape index (κ3) is 4.59. The molecule has 1 aromatic carbocycles. The lowest BCUT2D eigenvalue weighted by atomic mass is 10.0. The minimum Gasteiger partial charge on any atom is -0.390 e. The Labute approximate surface area is 169 Å². The summed E-state index contributed by atoms with van der Waals surface area (Å²) in [5.41, 5.74) is 3.24. The molecule has 144 valence electrons. The molecule has 6 nitrogen and oxygen atoms in total. The maximum Gasteiger partial charge on any atom is 0.253 e. The molecule has 8 heteroatoms. The molecule has 1 saturated heterocycles. The van der Waals surface area contributed by atoms with E-state index in [4.69, 9.17) is 0 Å². The average Bonchev–Trinajstić information content (AvgIpc) is 3.07. The average molecular weight is 409 g/mol. The Morgan fingerprint density at radius 2 is 1.93 bits per heavy atom. The number of β-amino-alcohol motifs (C(OH)–C–C–N with tert-alkyl or cyclic N) is 1. The third-order valence-corrected chi connectivity index (χ3v) is 4.55. The van der Waals surface area contributed by atoms with Gasteiger partial charge in [0.25, 0.3) is 5.91 Å². The van der Waals surface area contributed by atoms with Crippen molar-refractivity contribution in [2.45, 2.75) is 18.6 Å². The van der Waals surface area contributed by atoms with Crippen molar-refractivity contribution in [2.75, 3.05) is 13.1 Å². The van der Waals surface area contributed by atoms with E-state index in [1.165, 1.54) is 0 Å². The molecule has 4 rings (SSSR count). The van der Waals surface area contributed by atoms with Crippen molar-refractivity contribution in [2.24, 2.45) is 0 Å². The van der Waals surface area contributed by atoms with Gasteiger partial charge in [-0.1, -0.05) is 30.3 Å². The highest BCUT2D eigenvalue weighted by Crippen LogP contribution is 2.19. The molecule has 27 heavy (non-hydrogen) atoms. The second kappa shape index (κ2) is 9.19. The normalized spacial score (nSPS) is 19.0. The van der Waals surface area contributed by atoms with Gasteiger partial charge < -0.3 is 20.1 Å². The van der Waals surface area contributed by atoms with Gasteiger partial charge in [-0.15, -0.1) is 24.8 Å². The fraction of sp³-hybridized carbons (Fsp3) is 0.263. The molecule has 3 aromatic rings. The van der Waals surface area contributed by atoms with Crippen LogP contribution in [0.15, 0.2) is 54.9 Å². The molecule has 1 aliphatic heterocycles. The number of imidazole rings is 1. The number of carbonyl (C=O) groups is 1. The van der Waals surface area contributed by atoms with Crippen molar-refractivity contribution in [3.05, 3.63) is 60.4 Å². The molecule has 3 heterocycles. The van der Waals surface area contributed by atoms with E-state index in [9.17, 15) is 9.90 Å². The number of pyridine rings is 1. The van der Waals surface area contributed by atoms with Crippen molar-refractivity contribution < 1.29 is 9.90 Å². The molecule has 0 aliphatic carbocycles. The van der Waals surface area contributed by atoms with E-state index in [1.807, 2.05) is 47.0 Å². The van der Waals surface area contributed by atoms with E-state index < -0.39 is 6.10 Å². The predicted octanol–water partition coefficient (Wildman–Crippen LogP) is 2.30. The Morgan fingerprint density at radius 1 is 1.15 bits per heavy atom. The molecular formula is C19H22Cl2N4O2. The lowest BCUT2D eigenvalue weighted by molar-refractivity contribution is 0.0765. The zero-order chi connectivity index (χ0) is 17.2. The van der Waals surface area contributed by atoms with Crippen LogP contribution >= 0.6 is 24.8 Å². The molecular weight excluding hydrogens is 387 g/mol. The molecule has 2 aromatic heterocycles. The van der Waals surface area contributed by atoms with Crippen molar-refractivity contribution >= 4 is 36.4 Å². The number of rotatable bonds is 3. The largest absolute Gasteiger partial charge is 0.390 e. The summed E-state index contributed by atoms with van der Waals surface area (Å²) in [6.07, 6.45) is 3.86. The Hall–Kier alpha value is -2.12. The van der Waals surface area contributed by atoms with Crippen LogP contribution in [0.2, 0.25) is 0 Å². The van der Waals surface area contributed by atoms with Crippen LogP contribution in [0.25, 0.3) is 16.9 Å². The fourth-order valence-electron chi connectivity index (χ4n) is 3.14. The topological polar surface area (TPSA) is 78.7 Å². The van der Waals surface area contributed by atoms with E-state index in [0.717, 1.165) is 29.9 Å². The first-order valence-corrected chi connectivity index (χ1v) is 8.44. The summed E-state index contributed by atoms with van der Waals surface area (Å²) >= 11 is 0. The summed E-state index contributed by atoms with van der Waals surface area (Å²) in [5, 5.41) is 16.0. The van der Waals surface area contributed by atoms with Crippen LogP contribution in [-0.4, -0.2) is 45.6 Å². The monoisotopic (exact) mass is 408 g/mol. The molecule has 3 N–H and O–H groups in total. The van der Waals surface area contributed by atoms with Crippen LogP contribution in [0.4, 0.5) is 0 Å². The van der Waals surface area contributed by atoms with Crippen molar-refractivity contribution in [1.29, 1.82) is 0 Å². The van der Waals surface area contributed by atoms with Crippen molar-refractivity contribution in [1.82, 2.24) is 20.0 Å². The molecule has 0 bridgehead atoms. The minimum atomic E-state index is -0.556. The highest BCUT2D eigenvalue weighted by Gasteiger charge is 2.24. The van der Waals surface area contributed by atoms with Crippen LogP contribution in [0.1, 0.15) is 16.8 Å². The van der Waals surface area contributed by atoms with E-state index in [2.05, 4.69) is 15.6 Å². The smallest absolute Gasteiger partial charge is 0.253 e. The highest BCUT2D eigenvalue weighted by molar-refractivity contribution is 5.94. The van der Waals surface area contributed by atoms with Gasteiger partial charge in [-0.3, -0.25) is 4.79 Å². The van der Waals surface area contributed by atoms with Crippen LogP contribution in [-0.2, 0) is 0 Å². The summed E-state index contributed by atoms with van der Waals surface area (Å²) < 4.78 is 1.86. The lowest BCUT2D eigenvalue weighted by Gasteiger charge is -2.29. The summed E-state index contributed by atoms with van der Waals surface area (Å²) in [4.78, 5) is 17.1. The first kappa shape index (κ1) is 21.2. The Bertz CT molecular complexity index is 901. The van der Waals surface area contributed by atoms with Gasteiger partial charge in [0.15, 0.2) is 0 Å². The van der Waals surface area contributed by atoms with Gasteiger partial charge in [0, 0.05) is 24.5 Å². The second-order valence-electron chi connectivity index (χ2n) is 6.32. The van der Waals surface area contributed by atoms with E-state index in [0.29, 0.717) is 12.1 Å². The molecule has 0 spiro atoms. The number of amides is 1. The van der Waals surface area contributed by atoms with Gasteiger partial charge in [0.05, 0.1) is 23.4 Å². The number of benzene rings is 1. The molecule has 1 fully saturated rings. The number of aliphatic hydroxyl groups excluding tert-OH is 1. The van der Waals surface area contributed by atoms with Crippen molar-refractivity contribution in [3.63, 3.8) is 0 Å². The Balaban J connectivity index is 0.00000131. The Kier molecular flexibility index (Phi) is 7.21. The maximum absolute atomic E-state index is 12.5. The fourth-order valence-corrected chi connectivity index (χ4v) is 3.14. The van der Waals surface area contributed by atoms with E-state index >= 15 is 0 Å².